The second-order valence-electron chi connectivity index (χ2n) is 13.4. The summed E-state index contributed by atoms with van der Waals surface area (Å²) in [4.78, 5) is 38.8. The number of ether oxygens (including phenoxy) is 4. The topological polar surface area (TPSA) is 94.6 Å². The van der Waals surface area contributed by atoms with Crippen molar-refractivity contribution in [3.8, 4) is 0 Å². The van der Waals surface area contributed by atoms with Crippen molar-refractivity contribution in [1.82, 2.24) is 9.80 Å². The minimum Gasteiger partial charge on any atom is -0.444 e. The Bertz CT molecular complexity index is 1320. The van der Waals surface area contributed by atoms with Gasteiger partial charge in [0.2, 0.25) is 0 Å². The van der Waals surface area contributed by atoms with Gasteiger partial charge in [0.15, 0.2) is 6.29 Å². The van der Waals surface area contributed by atoms with Gasteiger partial charge in [-0.3, -0.25) is 9.80 Å². The molecule has 0 saturated carbocycles. The molecule has 2 aliphatic rings. The van der Waals surface area contributed by atoms with Crippen molar-refractivity contribution in [3.63, 3.8) is 0 Å². The molecule has 13 heteroatoms. The van der Waals surface area contributed by atoms with Crippen LogP contribution in [0.25, 0.3) is 0 Å². The van der Waals surface area contributed by atoms with Crippen LogP contribution in [0, 0.1) is 0 Å². The van der Waals surface area contributed by atoms with Crippen molar-refractivity contribution < 1.29 is 42.1 Å². The standard InChI is InChI=1S/C17H22ClF2NO3.C17H22ClNO4/c1-17(2,3)24-16(22)21-9-14(15(19)20)23-10-13(21)8-11-4-6-12(18)7-5-11;1-17(2,3)23-16(21)19-9-15(10-20)22-11-14(19)8-12-4-6-13(18)7-5-12/h4-7,13-15H,8-10H2,1-3H3;4-7,10,14-15H,8-9,11H2,1-3H3/t13-,14+;14-,15+/m00/s1. The van der Waals surface area contributed by atoms with Crippen LogP contribution >= 0.6 is 23.2 Å². The molecular weight excluding hydrogens is 657 g/mol. The first kappa shape index (κ1) is 38.5. The van der Waals surface area contributed by atoms with E-state index in [1.165, 1.54) is 4.90 Å². The van der Waals surface area contributed by atoms with E-state index >= 15 is 0 Å². The molecule has 260 valence electrons. The third-order valence-electron chi connectivity index (χ3n) is 7.10. The molecule has 2 aromatic rings. The van der Waals surface area contributed by atoms with Crippen LogP contribution in [0.3, 0.4) is 0 Å². The summed E-state index contributed by atoms with van der Waals surface area (Å²) in [7, 11) is 0. The molecule has 0 bridgehead atoms. The molecule has 0 unspecified atom stereocenters. The van der Waals surface area contributed by atoms with Crippen LogP contribution in [0.2, 0.25) is 10.0 Å². The maximum atomic E-state index is 13.0. The van der Waals surface area contributed by atoms with Gasteiger partial charge >= 0.3 is 12.2 Å². The number of benzene rings is 2. The molecule has 0 aromatic heterocycles. The van der Waals surface area contributed by atoms with Crippen molar-refractivity contribution in [2.45, 2.75) is 96.3 Å². The monoisotopic (exact) mass is 700 g/mol. The van der Waals surface area contributed by atoms with E-state index in [1.54, 1.807) is 37.8 Å². The normalized spacial score (nSPS) is 21.9. The molecule has 0 radical (unpaired) electrons. The van der Waals surface area contributed by atoms with Crippen molar-refractivity contribution in [1.29, 1.82) is 0 Å². The highest BCUT2D eigenvalue weighted by atomic mass is 35.5. The number of alkyl halides is 2. The van der Waals surface area contributed by atoms with Crippen molar-refractivity contribution in [3.05, 3.63) is 69.7 Å². The number of aldehydes is 1. The highest BCUT2D eigenvalue weighted by Crippen LogP contribution is 2.24. The number of hydrogen-bond acceptors (Lipinski definition) is 7. The number of morpholine rings is 2. The maximum absolute atomic E-state index is 13.0. The molecule has 47 heavy (non-hydrogen) atoms. The second-order valence-corrected chi connectivity index (χ2v) is 14.3. The lowest BCUT2D eigenvalue weighted by Gasteiger charge is -2.40. The predicted octanol–water partition coefficient (Wildman–Crippen LogP) is 7.24. The van der Waals surface area contributed by atoms with Gasteiger partial charge in [0.05, 0.1) is 38.4 Å². The Balaban J connectivity index is 0.000000256. The molecule has 4 atom stereocenters. The molecular formula is C34H44Cl2F2N2O7. The first-order chi connectivity index (χ1) is 21.9. The Hall–Kier alpha value is -2.99. The van der Waals surface area contributed by atoms with E-state index in [-0.39, 0.29) is 31.8 Å². The van der Waals surface area contributed by atoms with Crippen molar-refractivity contribution >= 4 is 41.7 Å². The van der Waals surface area contributed by atoms with Crippen LogP contribution in [-0.4, -0.2) is 96.5 Å². The molecule has 0 N–H and O–H groups in total. The summed E-state index contributed by atoms with van der Waals surface area (Å²) in [6.45, 7) is 11.0. The first-order valence-electron chi connectivity index (χ1n) is 15.4. The average Bonchev–Trinajstić information content (AvgIpc) is 2.98. The Morgan fingerprint density at radius 3 is 1.57 bits per heavy atom. The summed E-state index contributed by atoms with van der Waals surface area (Å²) in [6.07, 6.45) is -3.76. The van der Waals surface area contributed by atoms with Gasteiger partial charge in [0.25, 0.3) is 6.43 Å². The zero-order valence-electron chi connectivity index (χ0n) is 27.6. The van der Waals surface area contributed by atoms with Gasteiger partial charge < -0.3 is 23.7 Å². The Morgan fingerprint density at radius 1 is 0.787 bits per heavy atom. The average molecular weight is 702 g/mol. The number of rotatable bonds is 6. The molecule has 0 spiro atoms. The molecule has 0 aliphatic carbocycles. The third-order valence-corrected chi connectivity index (χ3v) is 7.60. The maximum Gasteiger partial charge on any atom is 0.410 e. The summed E-state index contributed by atoms with van der Waals surface area (Å²) >= 11 is 11.8. The van der Waals surface area contributed by atoms with Crippen LogP contribution in [0.15, 0.2) is 48.5 Å². The lowest BCUT2D eigenvalue weighted by Crippen LogP contribution is -2.55. The van der Waals surface area contributed by atoms with E-state index in [0.29, 0.717) is 29.5 Å². The van der Waals surface area contributed by atoms with Crippen molar-refractivity contribution in [2.75, 3.05) is 26.3 Å². The molecule has 9 nitrogen and oxygen atoms in total. The lowest BCUT2D eigenvalue weighted by atomic mass is 10.0. The van der Waals surface area contributed by atoms with Crippen LogP contribution < -0.4 is 0 Å². The number of amides is 2. The fraction of sp³-hybridized carbons (Fsp3) is 0.559. The van der Waals surface area contributed by atoms with Gasteiger partial charge in [-0.15, -0.1) is 0 Å². The highest BCUT2D eigenvalue weighted by molar-refractivity contribution is 6.30. The van der Waals surface area contributed by atoms with Crippen LogP contribution in [-0.2, 0) is 36.6 Å². The van der Waals surface area contributed by atoms with E-state index in [2.05, 4.69) is 0 Å². The van der Waals surface area contributed by atoms with Crippen LogP contribution in [0.1, 0.15) is 52.7 Å². The molecule has 2 heterocycles. The Labute approximate surface area is 285 Å². The Morgan fingerprint density at radius 2 is 1.19 bits per heavy atom. The van der Waals surface area contributed by atoms with Gasteiger partial charge in [-0.2, -0.15) is 0 Å². The van der Waals surface area contributed by atoms with Gasteiger partial charge in [0.1, 0.15) is 23.4 Å². The number of carbonyl (C=O) groups excluding carboxylic acids is 3. The first-order valence-corrected chi connectivity index (χ1v) is 16.1. The summed E-state index contributed by atoms with van der Waals surface area (Å²) in [5, 5.41) is 1.28. The number of hydrogen-bond donors (Lipinski definition) is 0. The lowest BCUT2D eigenvalue weighted by molar-refractivity contribution is -0.126. The predicted molar refractivity (Wildman–Crippen MR) is 175 cm³/mol. The third kappa shape index (κ3) is 12.9. The molecule has 2 saturated heterocycles. The molecule has 2 amide bonds. The number of nitrogens with zero attached hydrogens (tertiary/aromatic N) is 2. The van der Waals surface area contributed by atoms with E-state index in [9.17, 15) is 23.2 Å². The van der Waals surface area contributed by atoms with E-state index < -0.39 is 42.0 Å². The molecule has 2 aromatic carbocycles. The van der Waals surface area contributed by atoms with Gasteiger partial charge in [-0.25, -0.2) is 18.4 Å². The summed E-state index contributed by atoms with van der Waals surface area (Å²) < 4.78 is 47.5. The highest BCUT2D eigenvalue weighted by Gasteiger charge is 2.38. The number of carbonyl (C=O) groups is 3. The summed E-state index contributed by atoms with van der Waals surface area (Å²) in [5.41, 5.74) is 0.704. The molecule has 2 aliphatic heterocycles. The zero-order valence-corrected chi connectivity index (χ0v) is 29.1. The molecule has 4 rings (SSSR count). The minimum atomic E-state index is -2.65. The summed E-state index contributed by atoms with van der Waals surface area (Å²) in [6, 6.07) is 14.1. The number of halogens is 4. The summed E-state index contributed by atoms with van der Waals surface area (Å²) in [5.74, 6) is 0. The fourth-order valence-electron chi connectivity index (χ4n) is 4.89. The van der Waals surface area contributed by atoms with Gasteiger partial charge in [-0.05, 0) is 89.8 Å². The Kier molecular flexibility index (Phi) is 13.8. The van der Waals surface area contributed by atoms with Crippen LogP contribution in [0.4, 0.5) is 18.4 Å². The SMILES string of the molecule is CC(C)(C)OC(=O)N1C[C@H](C(F)F)OC[C@@H]1Cc1ccc(Cl)cc1.CC(C)(C)OC(=O)N1C[C@H](C=O)OC[C@@H]1Cc1ccc(Cl)cc1. The van der Waals surface area contributed by atoms with E-state index in [1.807, 2.05) is 57.2 Å². The molecule has 2 fully saturated rings. The second kappa shape index (κ2) is 16.9. The van der Waals surface area contributed by atoms with Gasteiger partial charge in [0, 0.05) is 10.0 Å². The minimum absolute atomic E-state index is 0.0386. The zero-order chi connectivity index (χ0) is 34.9. The smallest absolute Gasteiger partial charge is 0.410 e. The fourth-order valence-corrected chi connectivity index (χ4v) is 5.14. The van der Waals surface area contributed by atoms with Crippen molar-refractivity contribution in [2.24, 2.45) is 0 Å². The van der Waals surface area contributed by atoms with E-state index in [4.69, 9.17) is 42.1 Å². The van der Waals surface area contributed by atoms with Gasteiger partial charge in [-0.1, -0.05) is 47.5 Å². The van der Waals surface area contributed by atoms with Crippen LogP contribution in [0.5, 0.6) is 0 Å². The quantitative estimate of drug-likeness (QED) is 0.293. The van der Waals surface area contributed by atoms with E-state index in [0.717, 1.165) is 17.4 Å². The largest absolute Gasteiger partial charge is 0.444 e.